The second kappa shape index (κ2) is 4.01. The summed E-state index contributed by atoms with van der Waals surface area (Å²) in [6.45, 7) is 6.59. The van der Waals surface area contributed by atoms with Crippen LogP contribution in [0.25, 0.3) is 0 Å². The molecule has 0 amide bonds. The Morgan fingerprint density at radius 2 is 2.07 bits per heavy atom. The molecule has 1 heterocycles. The van der Waals surface area contributed by atoms with Gasteiger partial charge < -0.3 is 4.74 Å². The molecule has 0 aliphatic rings. The van der Waals surface area contributed by atoms with E-state index >= 15 is 0 Å². The molecule has 0 saturated carbocycles. The maximum Gasteiger partial charge on any atom is 0.359 e. The van der Waals surface area contributed by atoms with Crippen LogP contribution < -0.4 is 5.32 Å². The second-order valence-corrected chi connectivity index (χ2v) is 10.1. The number of hydrogen-bond donors (Lipinski definition) is 1. The monoisotopic (exact) mass is 324 g/mol. The van der Waals surface area contributed by atoms with Crippen molar-refractivity contribution < 1.29 is 9.53 Å². The van der Waals surface area contributed by atoms with Gasteiger partial charge in [0, 0.05) is 5.32 Å². The lowest BCUT2D eigenvalue weighted by Gasteiger charge is -2.13. The smallest absolute Gasteiger partial charge is 0.359 e. The van der Waals surface area contributed by atoms with E-state index < -0.39 is 8.07 Å². The quantitative estimate of drug-likeness (QED) is 0.508. The number of ether oxygens (including phenoxy) is 1. The van der Waals surface area contributed by atoms with E-state index in [0.717, 1.165) is 8.89 Å². The topological polar surface area (TPSA) is 55.0 Å². The molecule has 1 rings (SSSR count). The molecule has 0 saturated heterocycles. The Morgan fingerprint density at radius 1 is 1.50 bits per heavy atom. The van der Waals surface area contributed by atoms with Crippen LogP contribution >= 0.6 is 22.6 Å². The van der Waals surface area contributed by atoms with Crippen LogP contribution in [0, 0.1) is 3.57 Å². The number of methoxy groups -OCH3 is 1. The number of hydrogen-bond acceptors (Lipinski definition) is 3. The molecule has 1 aromatic heterocycles. The summed E-state index contributed by atoms with van der Waals surface area (Å²) in [4.78, 5) is 11.3. The lowest BCUT2D eigenvalue weighted by molar-refractivity contribution is 0.0593. The van der Waals surface area contributed by atoms with Crippen molar-refractivity contribution in [1.29, 1.82) is 0 Å². The van der Waals surface area contributed by atoms with E-state index in [0.29, 0.717) is 5.69 Å². The van der Waals surface area contributed by atoms with Crippen molar-refractivity contribution in [2.24, 2.45) is 0 Å². The van der Waals surface area contributed by atoms with Crippen LogP contribution in [0.3, 0.4) is 0 Å². The fraction of sp³-hybridized carbons (Fsp3) is 0.500. The Bertz CT molecular complexity index is 357. The average Bonchev–Trinajstić information content (AvgIpc) is 2.45. The molecule has 0 atom stereocenters. The van der Waals surface area contributed by atoms with E-state index in [2.05, 4.69) is 57.2 Å². The number of carbonyl (C=O) groups excluding carboxylic acids is 1. The van der Waals surface area contributed by atoms with Crippen molar-refractivity contribution in [3.8, 4) is 0 Å². The van der Waals surface area contributed by atoms with Gasteiger partial charge in [-0.2, -0.15) is 5.10 Å². The lowest BCUT2D eigenvalue weighted by Crippen LogP contribution is -2.40. The summed E-state index contributed by atoms with van der Waals surface area (Å²) < 4.78 is 5.53. The molecule has 0 aliphatic carbocycles. The first kappa shape index (κ1) is 11.7. The first-order valence-electron chi connectivity index (χ1n) is 4.20. The highest BCUT2D eigenvalue weighted by Gasteiger charge is 2.26. The molecule has 0 unspecified atom stereocenters. The number of esters is 1. The van der Waals surface area contributed by atoms with Gasteiger partial charge in [0.25, 0.3) is 0 Å². The summed E-state index contributed by atoms with van der Waals surface area (Å²) in [6, 6.07) is 0. The molecule has 6 heteroatoms. The first-order chi connectivity index (χ1) is 6.38. The Morgan fingerprint density at radius 3 is 2.43 bits per heavy atom. The predicted molar refractivity (Wildman–Crippen MR) is 65.6 cm³/mol. The maximum atomic E-state index is 11.3. The molecule has 0 radical (unpaired) electrons. The number of rotatable bonds is 2. The third-order valence-corrected chi connectivity index (χ3v) is 5.26. The molecule has 0 bridgehead atoms. The standard InChI is InChI=1S/C8H13IN2O2Si/c1-13-8(12)6-5(9)7(11-10-6)14(2,3)4/h1-4H3,(H,10,11). The second-order valence-electron chi connectivity index (χ2n) is 4.00. The van der Waals surface area contributed by atoms with Crippen molar-refractivity contribution in [3.63, 3.8) is 0 Å². The Balaban J connectivity index is 3.15. The van der Waals surface area contributed by atoms with Crippen LogP contribution in [0.2, 0.25) is 19.6 Å². The van der Waals surface area contributed by atoms with Gasteiger partial charge in [0.15, 0.2) is 5.69 Å². The highest BCUT2D eigenvalue weighted by atomic mass is 127. The van der Waals surface area contributed by atoms with E-state index in [-0.39, 0.29) is 5.97 Å². The zero-order valence-corrected chi connectivity index (χ0v) is 11.8. The van der Waals surface area contributed by atoms with Crippen LogP contribution in [-0.4, -0.2) is 31.4 Å². The fourth-order valence-electron chi connectivity index (χ4n) is 1.06. The summed E-state index contributed by atoms with van der Waals surface area (Å²) in [7, 11) is -0.0866. The molecule has 1 N–H and O–H groups in total. The summed E-state index contributed by atoms with van der Waals surface area (Å²) >= 11 is 2.14. The van der Waals surface area contributed by atoms with E-state index in [4.69, 9.17) is 0 Å². The molecule has 78 valence electrons. The number of nitrogens with one attached hydrogen (secondary N) is 1. The maximum absolute atomic E-state index is 11.3. The lowest BCUT2D eigenvalue weighted by atomic mass is 10.4. The molecule has 0 aromatic carbocycles. The van der Waals surface area contributed by atoms with Gasteiger partial charge in [-0.05, 0) is 22.6 Å². The van der Waals surface area contributed by atoms with Crippen LogP contribution in [0.1, 0.15) is 10.5 Å². The van der Waals surface area contributed by atoms with E-state index in [1.165, 1.54) is 7.11 Å². The minimum atomic E-state index is -1.45. The Hall–Kier alpha value is -0.373. The number of carbonyl (C=O) groups is 1. The highest BCUT2D eigenvalue weighted by molar-refractivity contribution is 14.1. The van der Waals surface area contributed by atoms with Gasteiger partial charge in [0.05, 0.1) is 10.7 Å². The van der Waals surface area contributed by atoms with Crippen LogP contribution in [0.5, 0.6) is 0 Å². The molecular formula is C8H13IN2O2Si. The summed E-state index contributed by atoms with van der Waals surface area (Å²) in [5.74, 6) is -0.379. The number of aromatic amines is 1. The Kier molecular flexibility index (Phi) is 3.35. The molecule has 0 spiro atoms. The normalized spacial score (nSPS) is 11.5. The number of H-pyrrole nitrogens is 1. The summed E-state index contributed by atoms with van der Waals surface area (Å²) in [5, 5.41) is 8.01. The largest absolute Gasteiger partial charge is 0.464 e. The third-order valence-electron chi connectivity index (χ3n) is 1.84. The first-order valence-corrected chi connectivity index (χ1v) is 8.78. The van der Waals surface area contributed by atoms with Crippen LogP contribution in [0.15, 0.2) is 0 Å². The predicted octanol–water partition coefficient (Wildman–Crippen LogP) is 1.35. The fourth-order valence-corrected chi connectivity index (χ4v) is 5.11. The van der Waals surface area contributed by atoms with Crippen molar-refractivity contribution >= 4 is 42.0 Å². The molecule has 4 nitrogen and oxygen atoms in total. The number of nitrogens with zero attached hydrogens (tertiary/aromatic N) is 1. The summed E-state index contributed by atoms with van der Waals surface area (Å²) in [6.07, 6.45) is 0. The minimum Gasteiger partial charge on any atom is -0.464 e. The van der Waals surface area contributed by atoms with E-state index in [1.54, 1.807) is 0 Å². The van der Waals surface area contributed by atoms with Crippen LogP contribution in [-0.2, 0) is 4.74 Å². The molecular weight excluding hydrogens is 311 g/mol. The van der Waals surface area contributed by atoms with Crippen molar-refractivity contribution in [1.82, 2.24) is 10.2 Å². The molecule has 14 heavy (non-hydrogen) atoms. The third kappa shape index (κ3) is 2.16. The minimum absolute atomic E-state index is 0.379. The SMILES string of the molecule is COC(=O)c1n[nH]c([Si](C)(C)C)c1I. The van der Waals surface area contributed by atoms with Crippen molar-refractivity contribution in [3.05, 3.63) is 9.26 Å². The highest BCUT2D eigenvalue weighted by Crippen LogP contribution is 2.12. The van der Waals surface area contributed by atoms with Gasteiger partial charge in [-0.1, -0.05) is 19.6 Å². The van der Waals surface area contributed by atoms with E-state index in [9.17, 15) is 4.79 Å². The van der Waals surface area contributed by atoms with Gasteiger partial charge in [-0.25, -0.2) is 4.79 Å². The zero-order chi connectivity index (χ0) is 10.9. The number of aromatic nitrogens is 2. The van der Waals surface area contributed by atoms with Gasteiger partial charge in [-0.3, -0.25) is 5.10 Å². The van der Waals surface area contributed by atoms with Crippen LogP contribution in [0.4, 0.5) is 0 Å². The van der Waals surface area contributed by atoms with Gasteiger partial charge in [0.2, 0.25) is 0 Å². The Labute approximate surface area is 97.6 Å². The van der Waals surface area contributed by atoms with E-state index in [1.807, 2.05) is 0 Å². The summed E-state index contributed by atoms with van der Waals surface area (Å²) in [5.41, 5.74) is 0.394. The van der Waals surface area contributed by atoms with Gasteiger partial charge >= 0.3 is 5.97 Å². The van der Waals surface area contributed by atoms with Gasteiger partial charge in [-0.15, -0.1) is 0 Å². The number of halogens is 1. The molecule has 1 aromatic rings. The molecule has 0 aliphatic heterocycles. The van der Waals surface area contributed by atoms with Crippen molar-refractivity contribution in [2.75, 3.05) is 7.11 Å². The zero-order valence-electron chi connectivity index (χ0n) is 8.64. The molecule has 0 fully saturated rings. The van der Waals surface area contributed by atoms with Gasteiger partial charge in [0.1, 0.15) is 8.07 Å². The average molecular weight is 324 g/mol. The van der Waals surface area contributed by atoms with Crippen molar-refractivity contribution in [2.45, 2.75) is 19.6 Å².